The second kappa shape index (κ2) is 8.21. The molecule has 8 nitrogen and oxygen atoms in total. The molecular formula is C15H22N2O6. The number of H-pyrrole nitrogens is 1. The molecule has 0 aliphatic carbocycles. The molecule has 2 rings (SSSR count). The van der Waals surface area contributed by atoms with E-state index in [9.17, 15) is 19.8 Å². The number of allylic oxidation sites excluding steroid dienone is 1. The molecule has 1 aromatic rings. The van der Waals surface area contributed by atoms with Crippen molar-refractivity contribution < 1.29 is 19.7 Å². The van der Waals surface area contributed by atoms with E-state index in [0.29, 0.717) is 6.61 Å². The average molecular weight is 326 g/mol. The van der Waals surface area contributed by atoms with Gasteiger partial charge in [0.2, 0.25) is 0 Å². The summed E-state index contributed by atoms with van der Waals surface area (Å²) >= 11 is 0. The first-order valence-corrected chi connectivity index (χ1v) is 7.57. The minimum atomic E-state index is -1.07. The van der Waals surface area contributed by atoms with E-state index in [-0.39, 0.29) is 0 Å². The third-order valence-electron chi connectivity index (χ3n) is 3.73. The number of hydrogen-bond acceptors (Lipinski definition) is 6. The molecule has 2 heterocycles. The molecule has 23 heavy (non-hydrogen) atoms. The number of aromatic amines is 1. The second-order valence-electron chi connectivity index (χ2n) is 5.38. The quantitative estimate of drug-likeness (QED) is 0.439. The minimum absolute atomic E-state index is 0.381. The molecule has 0 unspecified atom stereocenters. The molecule has 1 aliphatic heterocycles. The van der Waals surface area contributed by atoms with Crippen LogP contribution in [0.4, 0.5) is 0 Å². The maximum atomic E-state index is 11.9. The molecule has 0 spiro atoms. The Balaban J connectivity index is 2.12. The zero-order valence-electron chi connectivity index (χ0n) is 12.8. The van der Waals surface area contributed by atoms with Gasteiger partial charge in [0.25, 0.3) is 5.56 Å². The van der Waals surface area contributed by atoms with E-state index >= 15 is 0 Å². The highest BCUT2D eigenvalue weighted by Crippen LogP contribution is 2.30. The highest BCUT2D eigenvalue weighted by molar-refractivity contribution is 4.93. The number of ether oxygens (including phenoxy) is 2. The number of nitrogens with zero attached hydrogens (tertiary/aromatic N) is 1. The van der Waals surface area contributed by atoms with Crippen LogP contribution in [0.5, 0.6) is 0 Å². The van der Waals surface area contributed by atoms with Crippen molar-refractivity contribution in [1.82, 2.24) is 9.55 Å². The highest BCUT2D eigenvalue weighted by atomic mass is 16.6. The number of aromatic nitrogens is 2. The zero-order chi connectivity index (χ0) is 16.8. The largest absolute Gasteiger partial charge is 0.394 e. The summed E-state index contributed by atoms with van der Waals surface area (Å²) in [5, 5.41) is 19.5. The van der Waals surface area contributed by atoms with Crippen LogP contribution in [-0.2, 0) is 9.47 Å². The summed E-state index contributed by atoms with van der Waals surface area (Å²) in [5.41, 5.74) is -1.18. The maximum absolute atomic E-state index is 11.9. The Bertz CT molecular complexity index is 625. The van der Waals surface area contributed by atoms with Crippen LogP contribution >= 0.6 is 0 Å². The lowest BCUT2D eigenvalue weighted by Gasteiger charge is -2.22. The van der Waals surface area contributed by atoms with Crippen molar-refractivity contribution in [2.75, 3.05) is 13.2 Å². The van der Waals surface area contributed by atoms with E-state index in [4.69, 9.17) is 9.47 Å². The van der Waals surface area contributed by atoms with Gasteiger partial charge in [-0.3, -0.25) is 14.3 Å². The molecule has 1 aliphatic rings. The lowest BCUT2D eigenvalue weighted by atomic mass is 10.1. The smallest absolute Gasteiger partial charge is 0.330 e. The third-order valence-corrected chi connectivity index (χ3v) is 3.73. The van der Waals surface area contributed by atoms with Gasteiger partial charge in [-0.05, 0) is 19.3 Å². The number of unbranched alkanes of at least 4 members (excludes halogenated alkanes) is 2. The number of nitrogens with one attached hydrogen (secondary N) is 1. The SMILES string of the molecule is C=CCCCCO[C@@H]1[C@H](O)[C@@H](CO)O[C@H]1n1ccc(=O)[nH]c1=O. The number of hydrogen-bond donors (Lipinski definition) is 3. The molecule has 1 saturated heterocycles. The van der Waals surface area contributed by atoms with E-state index in [0.717, 1.165) is 23.8 Å². The fourth-order valence-corrected chi connectivity index (χ4v) is 2.51. The van der Waals surface area contributed by atoms with Gasteiger partial charge in [-0.2, -0.15) is 0 Å². The number of aliphatic hydroxyl groups excluding tert-OH is 2. The molecule has 0 bridgehead atoms. The summed E-state index contributed by atoms with van der Waals surface area (Å²) in [6, 6.07) is 1.19. The van der Waals surface area contributed by atoms with Gasteiger partial charge in [0, 0.05) is 18.9 Å². The molecule has 0 aromatic carbocycles. The van der Waals surface area contributed by atoms with Crippen LogP contribution in [0.25, 0.3) is 0 Å². The van der Waals surface area contributed by atoms with Crippen LogP contribution < -0.4 is 11.2 Å². The van der Waals surface area contributed by atoms with Crippen molar-refractivity contribution in [3.05, 3.63) is 45.8 Å². The van der Waals surface area contributed by atoms with Crippen molar-refractivity contribution in [2.24, 2.45) is 0 Å². The first-order valence-electron chi connectivity index (χ1n) is 7.57. The molecule has 0 amide bonds. The molecular weight excluding hydrogens is 304 g/mol. The lowest BCUT2D eigenvalue weighted by Crippen LogP contribution is -2.39. The second-order valence-corrected chi connectivity index (χ2v) is 5.38. The van der Waals surface area contributed by atoms with Gasteiger partial charge in [0.05, 0.1) is 6.61 Å². The number of rotatable bonds is 8. The fourth-order valence-electron chi connectivity index (χ4n) is 2.51. The first kappa shape index (κ1) is 17.6. The molecule has 1 aromatic heterocycles. The van der Waals surface area contributed by atoms with E-state index < -0.39 is 42.4 Å². The summed E-state index contributed by atoms with van der Waals surface area (Å²) in [7, 11) is 0. The van der Waals surface area contributed by atoms with Crippen LogP contribution in [0.1, 0.15) is 25.5 Å². The Kier molecular flexibility index (Phi) is 6.28. The van der Waals surface area contributed by atoms with Crippen LogP contribution in [0.3, 0.4) is 0 Å². The van der Waals surface area contributed by atoms with Gasteiger partial charge < -0.3 is 19.7 Å². The normalized spacial score (nSPS) is 27.2. The van der Waals surface area contributed by atoms with E-state index in [2.05, 4.69) is 11.6 Å². The first-order chi connectivity index (χ1) is 11.1. The topological polar surface area (TPSA) is 114 Å². The summed E-state index contributed by atoms with van der Waals surface area (Å²) in [5.74, 6) is 0. The van der Waals surface area contributed by atoms with Crippen LogP contribution in [0.15, 0.2) is 34.5 Å². The Labute approximate surface area is 133 Å². The van der Waals surface area contributed by atoms with Crippen molar-refractivity contribution >= 4 is 0 Å². The summed E-state index contributed by atoms with van der Waals surface area (Å²) in [4.78, 5) is 25.2. The molecule has 8 heteroatoms. The van der Waals surface area contributed by atoms with Crippen molar-refractivity contribution in [3.63, 3.8) is 0 Å². The molecule has 1 fully saturated rings. The van der Waals surface area contributed by atoms with Crippen molar-refractivity contribution in [2.45, 2.75) is 43.8 Å². The highest BCUT2D eigenvalue weighted by Gasteiger charge is 2.45. The molecule has 0 saturated carbocycles. The number of aliphatic hydroxyl groups is 2. The van der Waals surface area contributed by atoms with E-state index in [1.54, 1.807) is 0 Å². The predicted octanol–water partition coefficient (Wildman–Crippen LogP) is -0.471. The van der Waals surface area contributed by atoms with Crippen molar-refractivity contribution in [3.8, 4) is 0 Å². The van der Waals surface area contributed by atoms with Crippen molar-refractivity contribution in [1.29, 1.82) is 0 Å². The third kappa shape index (κ3) is 4.17. The Morgan fingerprint density at radius 2 is 2.22 bits per heavy atom. The van der Waals surface area contributed by atoms with E-state index in [1.165, 1.54) is 12.3 Å². The Morgan fingerprint density at radius 1 is 1.43 bits per heavy atom. The van der Waals surface area contributed by atoms with E-state index in [1.807, 2.05) is 6.08 Å². The average Bonchev–Trinajstić information content (AvgIpc) is 2.83. The predicted molar refractivity (Wildman–Crippen MR) is 82.1 cm³/mol. The molecule has 4 atom stereocenters. The van der Waals surface area contributed by atoms with Gasteiger partial charge in [0.1, 0.15) is 18.3 Å². The van der Waals surface area contributed by atoms with Crippen LogP contribution in [0, 0.1) is 0 Å². The van der Waals surface area contributed by atoms with Gasteiger partial charge in [-0.1, -0.05) is 6.08 Å². The lowest BCUT2D eigenvalue weighted by molar-refractivity contribution is -0.0748. The summed E-state index contributed by atoms with van der Waals surface area (Å²) < 4.78 is 12.3. The fraction of sp³-hybridized carbons (Fsp3) is 0.600. The van der Waals surface area contributed by atoms with Gasteiger partial charge >= 0.3 is 5.69 Å². The summed E-state index contributed by atoms with van der Waals surface area (Å²) in [6.45, 7) is 3.63. The monoisotopic (exact) mass is 326 g/mol. The summed E-state index contributed by atoms with van der Waals surface area (Å²) in [6.07, 6.45) is 2.01. The van der Waals surface area contributed by atoms with Gasteiger partial charge in [-0.25, -0.2) is 4.79 Å². The van der Waals surface area contributed by atoms with Crippen LogP contribution in [-0.4, -0.2) is 51.3 Å². The molecule has 3 N–H and O–H groups in total. The standard InChI is InChI=1S/C15H22N2O6/c1-2-3-4-5-8-22-13-12(20)10(9-18)23-14(13)17-7-6-11(19)16-15(17)21/h2,6-7,10,12-14,18,20H,1,3-5,8-9H2,(H,16,19,21)/t10-,12-,13-,14-/m1/s1. The Morgan fingerprint density at radius 3 is 2.87 bits per heavy atom. The van der Waals surface area contributed by atoms with Gasteiger partial charge in [0.15, 0.2) is 6.23 Å². The minimum Gasteiger partial charge on any atom is -0.394 e. The Hall–Kier alpha value is -1.74. The molecule has 0 radical (unpaired) electrons. The maximum Gasteiger partial charge on any atom is 0.330 e. The zero-order valence-corrected chi connectivity index (χ0v) is 12.8. The molecule has 128 valence electrons. The van der Waals surface area contributed by atoms with Gasteiger partial charge in [-0.15, -0.1) is 6.58 Å². The van der Waals surface area contributed by atoms with Crippen LogP contribution in [0.2, 0.25) is 0 Å².